The minimum Gasteiger partial charge on any atom is -0.383 e. The van der Waals surface area contributed by atoms with E-state index in [1.807, 2.05) is 0 Å². The number of fused-ring (bicyclic) bond motifs is 2. The van der Waals surface area contributed by atoms with Crippen molar-refractivity contribution >= 4 is 11.7 Å². The highest BCUT2D eigenvalue weighted by molar-refractivity contribution is 5.98. The molecular weight excluding hydrogens is 208 g/mol. The summed E-state index contributed by atoms with van der Waals surface area (Å²) in [6, 6.07) is 0.126. The molecule has 2 fully saturated rings. The molecule has 6 heteroatoms. The van der Waals surface area contributed by atoms with E-state index in [0.717, 1.165) is 19.3 Å². The van der Waals surface area contributed by atoms with Gasteiger partial charge in [0.1, 0.15) is 11.4 Å². The van der Waals surface area contributed by atoms with Gasteiger partial charge in [0, 0.05) is 0 Å². The number of aromatic amines is 1. The van der Waals surface area contributed by atoms with Crippen molar-refractivity contribution in [2.24, 2.45) is 0 Å². The molecule has 3 unspecified atom stereocenters. The number of rotatable bonds is 2. The van der Waals surface area contributed by atoms with Crippen LogP contribution >= 0.6 is 0 Å². The first kappa shape index (κ1) is 9.65. The molecule has 3 atom stereocenters. The highest BCUT2D eigenvalue weighted by Crippen LogP contribution is 2.34. The van der Waals surface area contributed by atoms with Gasteiger partial charge in [0.05, 0.1) is 24.4 Å². The second-order valence-electron chi connectivity index (χ2n) is 4.39. The zero-order valence-corrected chi connectivity index (χ0v) is 8.77. The quantitative estimate of drug-likeness (QED) is 0.658. The van der Waals surface area contributed by atoms with E-state index in [2.05, 4.69) is 15.5 Å². The largest absolute Gasteiger partial charge is 0.383 e. The summed E-state index contributed by atoms with van der Waals surface area (Å²) in [5.41, 5.74) is 5.99. The summed E-state index contributed by atoms with van der Waals surface area (Å²) in [7, 11) is 0. The molecule has 6 nitrogen and oxygen atoms in total. The highest BCUT2D eigenvalue weighted by Gasteiger charge is 2.41. The van der Waals surface area contributed by atoms with Crippen LogP contribution in [0.4, 0.5) is 5.82 Å². The second-order valence-corrected chi connectivity index (χ2v) is 4.39. The lowest BCUT2D eigenvalue weighted by atomic mass is 9.95. The Morgan fingerprint density at radius 1 is 1.62 bits per heavy atom. The molecule has 2 bridgehead atoms. The highest BCUT2D eigenvalue weighted by atomic mass is 16.5. The van der Waals surface area contributed by atoms with E-state index in [0.29, 0.717) is 17.5 Å². The van der Waals surface area contributed by atoms with Crippen molar-refractivity contribution in [1.29, 1.82) is 0 Å². The van der Waals surface area contributed by atoms with Gasteiger partial charge in [-0.15, -0.1) is 0 Å². The van der Waals surface area contributed by atoms with E-state index in [-0.39, 0.29) is 18.1 Å². The van der Waals surface area contributed by atoms with Crippen LogP contribution in [0.5, 0.6) is 0 Å². The monoisotopic (exact) mass is 222 g/mol. The number of hydrogen-bond donors (Lipinski definition) is 3. The van der Waals surface area contributed by atoms with Gasteiger partial charge in [-0.3, -0.25) is 9.89 Å². The number of anilines is 1. The van der Waals surface area contributed by atoms with Crippen LogP contribution in [-0.2, 0) is 4.74 Å². The second kappa shape index (κ2) is 3.48. The fraction of sp³-hybridized carbons (Fsp3) is 0.600. The number of nitrogen functional groups attached to an aromatic ring is 1. The van der Waals surface area contributed by atoms with Crippen molar-refractivity contribution in [2.45, 2.75) is 37.5 Å². The Kier molecular flexibility index (Phi) is 2.10. The Morgan fingerprint density at radius 3 is 3.06 bits per heavy atom. The van der Waals surface area contributed by atoms with Crippen LogP contribution in [0.1, 0.15) is 29.6 Å². The summed E-state index contributed by atoms with van der Waals surface area (Å²) in [4.78, 5) is 11.9. The fourth-order valence-electron chi connectivity index (χ4n) is 2.51. The van der Waals surface area contributed by atoms with Crippen molar-refractivity contribution in [2.75, 3.05) is 5.73 Å². The first-order valence-corrected chi connectivity index (χ1v) is 5.49. The number of carbonyl (C=O) groups is 1. The number of nitrogens with one attached hydrogen (secondary N) is 2. The third-order valence-corrected chi connectivity index (χ3v) is 3.34. The van der Waals surface area contributed by atoms with Gasteiger partial charge in [-0.05, 0) is 19.3 Å². The van der Waals surface area contributed by atoms with Crippen LogP contribution in [0.25, 0.3) is 0 Å². The van der Waals surface area contributed by atoms with E-state index in [4.69, 9.17) is 10.5 Å². The van der Waals surface area contributed by atoms with Gasteiger partial charge in [0.15, 0.2) is 0 Å². The molecule has 0 spiro atoms. The molecule has 16 heavy (non-hydrogen) atoms. The maximum atomic E-state index is 11.9. The number of carbonyl (C=O) groups excluding carboxylic acids is 1. The molecular formula is C10H14N4O2. The van der Waals surface area contributed by atoms with Crippen LogP contribution in [0.2, 0.25) is 0 Å². The number of hydrogen-bond acceptors (Lipinski definition) is 4. The van der Waals surface area contributed by atoms with Crippen molar-refractivity contribution < 1.29 is 9.53 Å². The van der Waals surface area contributed by atoms with Crippen LogP contribution in [0, 0.1) is 0 Å². The molecule has 1 aromatic heterocycles. The summed E-state index contributed by atoms with van der Waals surface area (Å²) >= 11 is 0. The SMILES string of the molecule is Nc1[nH]ncc1C(=O)NC1CC2CCC1O2. The standard InChI is InChI=1S/C10H14N4O2/c11-9-6(4-12-14-9)10(15)13-7-3-5-1-2-8(7)16-5/h4-5,7-8H,1-3H2,(H,13,15)(H3,11,12,14). The molecule has 86 valence electrons. The normalized spacial score (nSPS) is 31.9. The Hall–Kier alpha value is -1.56. The summed E-state index contributed by atoms with van der Waals surface area (Å²) in [6.07, 6.45) is 5.02. The van der Waals surface area contributed by atoms with Crippen LogP contribution < -0.4 is 11.1 Å². The number of aromatic nitrogens is 2. The Balaban J connectivity index is 1.67. The molecule has 0 aromatic carbocycles. The maximum Gasteiger partial charge on any atom is 0.256 e. The minimum atomic E-state index is -0.174. The van der Waals surface area contributed by atoms with Gasteiger partial charge in [-0.1, -0.05) is 0 Å². The molecule has 0 radical (unpaired) electrons. The van der Waals surface area contributed by atoms with Gasteiger partial charge in [0.25, 0.3) is 5.91 Å². The van der Waals surface area contributed by atoms with E-state index >= 15 is 0 Å². The van der Waals surface area contributed by atoms with Gasteiger partial charge >= 0.3 is 0 Å². The van der Waals surface area contributed by atoms with Gasteiger partial charge in [-0.2, -0.15) is 5.10 Å². The Bertz CT molecular complexity index is 417. The van der Waals surface area contributed by atoms with Crippen LogP contribution in [-0.4, -0.2) is 34.4 Å². The van der Waals surface area contributed by atoms with Crippen molar-refractivity contribution in [3.05, 3.63) is 11.8 Å². The summed E-state index contributed by atoms with van der Waals surface area (Å²) in [5.74, 6) is 0.133. The van der Waals surface area contributed by atoms with Gasteiger partial charge < -0.3 is 15.8 Å². The number of H-pyrrole nitrogens is 1. The molecule has 3 rings (SSSR count). The lowest BCUT2D eigenvalue weighted by Gasteiger charge is -2.19. The molecule has 1 aromatic rings. The molecule has 4 N–H and O–H groups in total. The zero-order chi connectivity index (χ0) is 11.1. The third kappa shape index (κ3) is 1.46. The van der Waals surface area contributed by atoms with Crippen LogP contribution in [0.15, 0.2) is 6.20 Å². The predicted octanol–water partition coefficient (Wildman–Crippen LogP) is 0.0416. The minimum absolute atomic E-state index is 0.126. The number of nitrogens with zero attached hydrogens (tertiary/aromatic N) is 1. The molecule has 2 aliphatic heterocycles. The topological polar surface area (TPSA) is 93.0 Å². The molecule has 0 saturated carbocycles. The third-order valence-electron chi connectivity index (χ3n) is 3.34. The van der Waals surface area contributed by atoms with E-state index in [1.165, 1.54) is 6.20 Å². The molecule has 0 aliphatic carbocycles. The molecule has 3 heterocycles. The zero-order valence-electron chi connectivity index (χ0n) is 8.77. The van der Waals surface area contributed by atoms with E-state index < -0.39 is 0 Å². The van der Waals surface area contributed by atoms with Crippen molar-refractivity contribution in [3.63, 3.8) is 0 Å². The first-order valence-electron chi connectivity index (χ1n) is 5.49. The van der Waals surface area contributed by atoms with Gasteiger partial charge in [0.2, 0.25) is 0 Å². The van der Waals surface area contributed by atoms with E-state index in [1.54, 1.807) is 0 Å². The average molecular weight is 222 g/mol. The smallest absolute Gasteiger partial charge is 0.256 e. The van der Waals surface area contributed by atoms with Crippen molar-refractivity contribution in [3.8, 4) is 0 Å². The maximum absolute atomic E-state index is 11.9. The lowest BCUT2D eigenvalue weighted by Crippen LogP contribution is -2.41. The Labute approximate surface area is 92.5 Å². The van der Waals surface area contributed by atoms with Crippen LogP contribution in [0.3, 0.4) is 0 Å². The van der Waals surface area contributed by atoms with E-state index in [9.17, 15) is 4.79 Å². The summed E-state index contributed by atoms with van der Waals surface area (Å²) < 4.78 is 5.66. The molecule has 1 amide bonds. The van der Waals surface area contributed by atoms with Crippen molar-refractivity contribution in [1.82, 2.24) is 15.5 Å². The lowest BCUT2D eigenvalue weighted by molar-refractivity contribution is 0.0841. The van der Waals surface area contributed by atoms with Gasteiger partial charge in [-0.25, -0.2) is 0 Å². The Morgan fingerprint density at radius 2 is 2.50 bits per heavy atom. The fourth-order valence-corrected chi connectivity index (χ4v) is 2.51. The first-order chi connectivity index (χ1) is 7.74. The predicted molar refractivity (Wildman–Crippen MR) is 56.8 cm³/mol. The number of nitrogens with two attached hydrogens (primary N) is 1. The molecule has 2 saturated heterocycles. The number of amides is 1. The summed E-state index contributed by atoms with van der Waals surface area (Å²) in [5, 5.41) is 9.22. The number of ether oxygens (including phenoxy) is 1. The average Bonchev–Trinajstić information content (AvgIpc) is 2.92. The molecule has 2 aliphatic rings. The summed E-state index contributed by atoms with van der Waals surface area (Å²) in [6.45, 7) is 0.